The Balaban J connectivity index is 1.73. The molecule has 1 aliphatic rings. The molecule has 0 fully saturated rings. The van der Waals surface area contributed by atoms with E-state index >= 15 is 0 Å². The number of benzene rings is 2. The van der Waals surface area contributed by atoms with E-state index in [1.54, 1.807) is 45.2 Å². The molecule has 27 heavy (non-hydrogen) atoms. The molecule has 140 valence electrons. The predicted octanol–water partition coefficient (Wildman–Crippen LogP) is 2.84. The maximum atomic E-state index is 13.0. The lowest BCUT2D eigenvalue weighted by molar-refractivity contribution is -0.131. The van der Waals surface area contributed by atoms with Crippen LogP contribution in [-0.4, -0.2) is 41.7 Å². The average Bonchev–Trinajstić information content (AvgIpc) is 2.87. The van der Waals surface area contributed by atoms with Crippen LogP contribution in [0.15, 0.2) is 53.5 Å². The van der Waals surface area contributed by atoms with Crippen LogP contribution in [-0.2, 0) is 9.59 Å². The molecule has 7 heteroatoms. The van der Waals surface area contributed by atoms with Crippen molar-refractivity contribution in [3.63, 3.8) is 0 Å². The van der Waals surface area contributed by atoms with Gasteiger partial charge >= 0.3 is 0 Å². The van der Waals surface area contributed by atoms with Gasteiger partial charge in [-0.25, -0.2) is 4.39 Å². The number of rotatable bonds is 5. The number of hydrogen-bond acceptors (Lipinski definition) is 4. The molecule has 2 aromatic carbocycles. The Kier molecular flexibility index (Phi) is 4.94. The Labute approximate surface area is 156 Å². The summed E-state index contributed by atoms with van der Waals surface area (Å²) in [6.07, 6.45) is 0. The number of anilines is 1. The van der Waals surface area contributed by atoms with Crippen molar-refractivity contribution >= 4 is 23.2 Å². The minimum Gasteiger partial charge on any atom is -0.497 e. The average molecular weight is 369 g/mol. The zero-order valence-corrected chi connectivity index (χ0v) is 15.3. The quantitative estimate of drug-likeness (QED) is 0.881. The maximum absolute atomic E-state index is 13.0. The van der Waals surface area contributed by atoms with Crippen molar-refractivity contribution in [3.8, 4) is 5.75 Å². The first-order valence-electron chi connectivity index (χ1n) is 8.42. The monoisotopic (exact) mass is 369 g/mol. The Hall–Kier alpha value is -3.22. The second-order valence-electron chi connectivity index (χ2n) is 6.63. The van der Waals surface area contributed by atoms with Crippen molar-refractivity contribution in [1.82, 2.24) is 4.90 Å². The smallest absolute Gasteiger partial charge is 0.275 e. The first-order valence-corrected chi connectivity index (χ1v) is 8.42. The van der Waals surface area contributed by atoms with Gasteiger partial charge in [-0.05, 0) is 62.4 Å². The highest BCUT2D eigenvalue weighted by atomic mass is 19.1. The molecule has 2 amide bonds. The van der Waals surface area contributed by atoms with Crippen LogP contribution in [0.25, 0.3) is 0 Å². The lowest BCUT2D eigenvalue weighted by atomic mass is 10.1. The van der Waals surface area contributed by atoms with E-state index in [9.17, 15) is 14.0 Å². The highest BCUT2D eigenvalue weighted by Gasteiger charge is 2.41. The van der Waals surface area contributed by atoms with Gasteiger partial charge in [0.1, 0.15) is 29.5 Å². The number of carbonyl (C=O) groups is 2. The minimum absolute atomic E-state index is 0.160. The first-order chi connectivity index (χ1) is 12.8. The van der Waals surface area contributed by atoms with Crippen LogP contribution in [0.3, 0.4) is 0 Å². The van der Waals surface area contributed by atoms with Gasteiger partial charge in [-0.15, -0.1) is 0 Å². The first kappa shape index (κ1) is 18.6. The van der Waals surface area contributed by atoms with Gasteiger partial charge in [-0.2, -0.15) is 0 Å². The minimum atomic E-state index is -0.855. The molecule has 1 aliphatic heterocycles. The van der Waals surface area contributed by atoms with E-state index in [4.69, 9.17) is 4.74 Å². The number of amides is 2. The predicted molar refractivity (Wildman–Crippen MR) is 100 cm³/mol. The highest BCUT2D eigenvalue weighted by molar-refractivity contribution is 6.47. The summed E-state index contributed by atoms with van der Waals surface area (Å²) < 4.78 is 18.1. The summed E-state index contributed by atoms with van der Waals surface area (Å²) in [7, 11) is 1.57. The van der Waals surface area contributed by atoms with Crippen molar-refractivity contribution in [2.24, 2.45) is 4.99 Å². The van der Waals surface area contributed by atoms with Gasteiger partial charge in [-0.1, -0.05) is 0 Å². The highest BCUT2D eigenvalue weighted by Crippen LogP contribution is 2.27. The molecule has 0 bridgehead atoms. The molecule has 0 saturated carbocycles. The second kappa shape index (κ2) is 7.19. The Bertz CT molecular complexity index is 890. The Morgan fingerprint density at radius 2 is 1.78 bits per heavy atom. The molecular weight excluding hydrogens is 349 g/mol. The molecule has 2 aromatic rings. The summed E-state index contributed by atoms with van der Waals surface area (Å²) in [5, 5.41) is 2.66. The van der Waals surface area contributed by atoms with E-state index in [1.807, 2.05) is 0 Å². The largest absolute Gasteiger partial charge is 0.497 e. The van der Waals surface area contributed by atoms with E-state index in [0.717, 1.165) is 0 Å². The van der Waals surface area contributed by atoms with E-state index < -0.39 is 5.66 Å². The third-order valence-electron chi connectivity index (χ3n) is 4.29. The maximum Gasteiger partial charge on any atom is 0.275 e. The molecule has 0 aliphatic carbocycles. The zero-order chi connectivity index (χ0) is 19.6. The number of halogens is 1. The Morgan fingerprint density at radius 1 is 1.15 bits per heavy atom. The second-order valence-corrected chi connectivity index (χ2v) is 6.63. The molecule has 0 spiro atoms. The van der Waals surface area contributed by atoms with Crippen LogP contribution < -0.4 is 10.1 Å². The number of nitrogens with zero attached hydrogens (tertiary/aromatic N) is 2. The summed E-state index contributed by atoms with van der Waals surface area (Å²) >= 11 is 0. The third kappa shape index (κ3) is 3.97. The zero-order valence-electron chi connectivity index (χ0n) is 15.3. The molecule has 1 heterocycles. The molecule has 0 atom stereocenters. The van der Waals surface area contributed by atoms with Gasteiger partial charge in [0.25, 0.3) is 5.91 Å². The lowest BCUT2D eigenvalue weighted by Gasteiger charge is -2.28. The van der Waals surface area contributed by atoms with E-state index in [1.165, 1.54) is 29.2 Å². The van der Waals surface area contributed by atoms with Gasteiger partial charge in [0.15, 0.2) is 0 Å². The van der Waals surface area contributed by atoms with Crippen LogP contribution in [0.5, 0.6) is 5.75 Å². The molecule has 1 N–H and O–H groups in total. The molecule has 0 aromatic heterocycles. The van der Waals surface area contributed by atoms with Crippen molar-refractivity contribution in [2.45, 2.75) is 19.5 Å². The van der Waals surface area contributed by atoms with E-state index in [0.29, 0.717) is 22.7 Å². The number of methoxy groups -OCH3 is 1. The summed E-state index contributed by atoms with van der Waals surface area (Å²) in [6.45, 7) is 3.38. The fourth-order valence-corrected chi connectivity index (χ4v) is 2.84. The van der Waals surface area contributed by atoms with Crippen LogP contribution >= 0.6 is 0 Å². The van der Waals surface area contributed by atoms with Crippen LogP contribution in [0.1, 0.15) is 19.4 Å². The summed E-state index contributed by atoms with van der Waals surface area (Å²) in [5.41, 5.74) is 0.571. The van der Waals surface area contributed by atoms with Crippen LogP contribution in [0.2, 0.25) is 0 Å². The number of carbonyl (C=O) groups excluding carboxylic acids is 2. The number of aliphatic imine (C=N–C) groups is 1. The van der Waals surface area contributed by atoms with E-state index in [-0.39, 0.29) is 24.2 Å². The number of nitrogens with one attached hydrogen (secondary N) is 1. The van der Waals surface area contributed by atoms with Crippen LogP contribution in [0.4, 0.5) is 10.1 Å². The summed E-state index contributed by atoms with van der Waals surface area (Å²) in [4.78, 5) is 31.1. The normalized spacial score (nSPS) is 15.5. The Morgan fingerprint density at radius 3 is 2.37 bits per heavy atom. The molecule has 0 radical (unpaired) electrons. The fourth-order valence-electron chi connectivity index (χ4n) is 2.84. The van der Waals surface area contributed by atoms with Crippen molar-refractivity contribution in [2.75, 3.05) is 19.0 Å². The van der Waals surface area contributed by atoms with Crippen molar-refractivity contribution in [1.29, 1.82) is 0 Å². The summed E-state index contributed by atoms with van der Waals surface area (Å²) in [5.74, 6) is -0.408. The van der Waals surface area contributed by atoms with Crippen LogP contribution in [0, 0.1) is 5.82 Å². The number of ether oxygens (including phenoxy) is 1. The third-order valence-corrected chi connectivity index (χ3v) is 4.29. The SMILES string of the molecule is COc1ccc(C2=NC(C)(C)N(CC(=O)Nc3ccc(F)cc3)C2=O)cc1. The van der Waals surface area contributed by atoms with Gasteiger partial charge in [-0.3, -0.25) is 14.6 Å². The lowest BCUT2D eigenvalue weighted by Crippen LogP contribution is -2.46. The van der Waals surface area contributed by atoms with Crippen molar-refractivity contribution in [3.05, 3.63) is 59.9 Å². The van der Waals surface area contributed by atoms with Gasteiger partial charge in [0.05, 0.1) is 7.11 Å². The molecular formula is C20H20FN3O3. The standard InChI is InChI=1S/C20H20FN3O3/c1-20(2)23-18(13-4-10-16(27-3)11-5-13)19(26)24(20)12-17(25)22-15-8-6-14(21)7-9-15/h4-11H,12H2,1-3H3,(H,22,25). The van der Waals surface area contributed by atoms with Gasteiger partial charge in [0.2, 0.25) is 5.91 Å². The molecule has 3 rings (SSSR count). The molecule has 6 nitrogen and oxygen atoms in total. The van der Waals surface area contributed by atoms with Crippen molar-refractivity contribution < 1.29 is 18.7 Å². The topological polar surface area (TPSA) is 71.0 Å². The van der Waals surface area contributed by atoms with Gasteiger partial charge in [0, 0.05) is 11.3 Å². The van der Waals surface area contributed by atoms with Gasteiger partial charge < -0.3 is 15.0 Å². The molecule has 0 unspecified atom stereocenters. The fraction of sp³-hybridized carbons (Fsp3) is 0.250. The van der Waals surface area contributed by atoms with E-state index in [2.05, 4.69) is 10.3 Å². The molecule has 0 saturated heterocycles. The number of hydrogen-bond donors (Lipinski definition) is 1. The summed E-state index contributed by atoms with van der Waals surface area (Å²) in [6, 6.07) is 12.5.